The van der Waals surface area contributed by atoms with Crippen molar-refractivity contribution in [1.29, 1.82) is 0 Å². The van der Waals surface area contributed by atoms with Gasteiger partial charge in [-0.15, -0.1) is 0 Å². The molecule has 29 heavy (non-hydrogen) atoms. The predicted octanol–water partition coefficient (Wildman–Crippen LogP) is 1.41. The molecule has 0 spiro atoms. The average molecular weight is 424 g/mol. The van der Waals surface area contributed by atoms with E-state index in [9.17, 15) is 21.6 Å². The smallest absolute Gasteiger partial charge is 0.298 e. The Morgan fingerprint density at radius 2 is 1.76 bits per heavy atom. The standard InChI is InChI=1S/C18H16F3N5O2S/c1-11-4-3-5-15(23-11)17-24-16(18(19,20)21)10-26(17)13-6-8-14(9-7-13)29(27,28)25-12(2)22/h3-10H,1-2H3,(H2,22,25)/p+1. The van der Waals surface area contributed by atoms with Crippen LogP contribution in [0.25, 0.3) is 17.2 Å². The summed E-state index contributed by atoms with van der Waals surface area (Å²) >= 11 is 0. The van der Waals surface area contributed by atoms with E-state index in [1.807, 2.05) is 0 Å². The first-order valence-corrected chi connectivity index (χ1v) is 9.78. The molecule has 11 heteroatoms. The lowest BCUT2D eigenvalue weighted by molar-refractivity contribution is -0.269. The van der Waals surface area contributed by atoms with E-state index in [4.69, 9.17) is 5.73 Å². The van der Waals surface area contributed by atoms with Crippen molar-refractivity contribution in [2.75, 3.05) is 0 Å². The van der Waals surface area contributed by atoms with Gasteiger partial charge in [-0.2, -0.15) is 26.0 Å². The fourth-order valence-corrected chi connectivity index (χ4v) is 3.65. The number of hydrogen-bond donors (Lipinski definition) is 2. The van der Waals surface area contributed by atoms with E-state index in [0.717, 1.165) is 6.20 Å². The van der Waals surface area contributed by atoms with E-state index in [0.29, 0.717) is 11.4 Å². The monoisotopic (exact) mass is 424 g/mol. The summed E-state index contributed by atoms with van der Waals surface area (Å²) < 4.78 is 67.4. The summed E-state index contributed by atoms with van der Waals surface area (Å²) in [6, 6.07) is 10.2. The summed E-state index contributed by atoms with van der Waals surface area (Å²) in [5, 5.41) is 0. The fraction of sp³-hybridized carbons (Fsp3) is 0.167. The molecule has 0 aliphatic heterocycles. The molecule has 0 atom stereocenters. The number of rotatable bonds is 4. The minimum atomic E-state index is -4.65. The van der Waals surface area contributed by atoms with Gasteiger partial charge in [0.2, 0.25) is 0 Å². The highest BCUT2D eigenvalue weighted by Crippen LogP contribution is 2.32. The van der Waals surface area contributed by atoms with Crippen molar-refractivity contribution >= 4 is 15.9 Å². The predicted molar refractivity (Wildman–Crippen MR) is 99.6 cm³/mol. The molecule has 0 aliphatic carbocycles. The maximum absolute atomic E-state index is 13.2. The highest BCUT2D eigenvalue weighted by atomic mass is 32.2. The third-order valence-corrected chi connectivity index (χ3v) is 5.32. The van der Waals surface area contributed by atoms with Crippen molar-refractivity contribution in [2.45, 2.75) is 24.9 Å². The summed E-state index contributed by atoms with van der Waals surface area (Å²) in [6.07, 6.45) is -3.80. The third kappa shape index (κ3) is 4.45. The zero-order chi connectivity index (χ0) is 21.4. The number of imidazole rings is 1. The van der Waals surface area contributed by atoms with Gasteiger partial charge in [-0.1, -0.05) is 6.07 Å². The number of nitrogens with two attached hydrogens (primary N) is 1. The Hall–Kier alpha value is -3.21. The molecule has 0 fully saturated rings. The summed E-state index contributed by atoms with van der Waals surface area (Å²) in [7, 11) is -3.87. The molecule has 0 amide bonds. The van der Waals surface area contributed by atoms with E-state index >= 15 is 0 Å². The van der Waals surface area contributed by atoms with Crippen LogP contribution in [0.1, 0.15) is 18.3 Å². The number of aromatic nitrogens is 3. The van der Waals surface area contributed by atoms with Gasteiger partial charge in [-0.25, -0.2) is 9.97 Å². The summed E-state index contributed by atoms with van der Waals surface area (Å²) in [4.78, 5) is 7.86. The first-order chi connectivity index (χ1) is 13.5. The van der Waals surface area contributed by atoms with E-state index < -0.39 is 21.9 Å². The van der Waals surface area contributed by atoms with Crippen LogP contribution in [0.5, 0.6) is 0 Å². The van der Waals surface area contributed by atoms with Gasteiger partial charge in [-0.05, 0) is 43.3 Å². The van der Waals surface area contributed by atoms with Crippen LogP contribution < -0.4 is 10.1 Å². The summed E-state index contributed by atoms with van der Waals surface area (Å²) in [6.45, 7) is 3.10. The normalized spacial score (nSPS) is 12.9. The van der Waals surface area contributed by atoms with Crippen LogP contribution >= 0.6 is 0 Å². The molecule has 2 heterocycles. The number of benzene rings is 1. The van der Waals surface area contributed by atoms with E-state index in [-0.39, 0.29) is 22.2 Å². The summed E-state index contributed by atoms with van der Waals surface area (Å²) in [5.74, 6) is -0.0211. The fourth-order valence-electron chi connectivity index (χ4n) is 2.62. The van der Waals surface area contributed by atoms with Gasteiger partial charge in [0.15, 0.2) is 11.5 Å². The lowest BCUT2D eigenvalue weighted by Crippen LogP contribution is -2.77. The van der Waals surface area contributed by atoms with Gasteiger partial charge in [0.05, 0.1) is 0 Å². The van der Waals surface area contributed by atoms with Gasteiger partial charge in [0, 0.05) is 24.5 Å². The molecule has 3 rings (SSSR count). The molecule has 0 bridgehead atoms. The largest absolute Gasteiger partial charge is 0.434 e. The molecule has 0 saturated heterocycles. The molecule has 0 unspecified atom stereocenters. The molecule has 0 aliphatic rings. The van der Waals surface area contributed by atoms with Gasteiger partial charge in [0.1, 0.15) is 10.6 Å². The van der Waals surface area contributed by atoms with Crippen molar-refractivity contribution in [3.63, 3.8) is 0 Å². The maximum atomic E-state index is 13.2. The lowest BCUT2D eigenvalue weighted by atomic mass is 10.2. The van der Waals surface area contributed by atoms with E-state index in [1.54, 1.807) is 25.1 Å². The Balaban J connectivity index is 2.13. The molecule has 3 aromatic rings. The molecule has 0 saturated carbocycles. The number of hydrogen-bond acceptors (Lipinski definition) is 4. The Kier molecular flexibility index (Phi) is 5.18. The number of aryl methyl sites for hydroxylation is 1. The quantitative estimate of drug-likeness (QED) is 0.487. The zero-order valence-electron chi connectivity index (χ0n) is 15.4. The van der Waals surface area contributed by atoms with Crippen LogP contribution in [0.15, 0.2) is 53.6 Å². The van der Waals surface area contributed by atoms with Crippen molar-refractivity contribution in [3.8, 4) is 17.2 Å². The van der Waals surface area contributed by atoms with Crippen LogP contribution in [-0.2, 0) is 16.2 Å². The molecule has 0 radical (unpaired) electrons. The van der Waals surface area contributed by atoms with Crippen molar-refractivity contribution in [2.24, 2.45) is 5.73 Å². The Morgan fingerprint density at radius 3 is 2.31 bits per heavy atom. The maximum Gasteiger partial charge on any atom is 0.434 e. The number of nitrogens with zero attached hydrogens (tertiary/aromatic N) is 3. The first-order valence-electron chi connectivity index (χ1n) is 8.30. The molecule has 2 aromatic heterocycles. The Morgan fingerprint density at radius 1 is 1.10 bits per heavy atom. The Bertz CT molecular complexity index is 1180. The van der Waals surface area contributed by atoms with Crippen molar-refractivity contribution in [3.05, 3.63) is 60.0 Å². The second-order valence-corrected chi connectivity index (χ2v) is 7.95. The van der Waals surface area contributed by atoms with Gasteiger partial charge >= 0.3 is 16.2 Å². The highest BCUT2D eigenvalue weighted by molar-refractivity contribution is 7.84. The topological polar surface area (TPSA) is 105 Å². The molecular formula is C18H17F3N5O2S+. The van der Waals surface area contributed by atoms with Gasteiger partial charge < -0.3 is 0 Å². The molecule has 1 aromatic carbocycles. The number of alkyl halides is 3. The third-order valence-electron chi connectivity index (χ3n) is 3.83. The molecule has 3 N–H and O–H groups in total. The summed E-state index contributed by atoms with van der Waals surface area (Å²) in [5.41, 5.74) is 5.46. The van der Waals surface area contributed by atoms with Crippen LogP contribution in [0.2, 0.25) is 0 Å². The van der Waals surface area contributed by atoms with Crippen molar-refractivity contribution < 1.29 is 26.0 Å². The molecule has 152 valence electrons. The molecular weight excluding hydrogens is 407 g/mol. The SMILES string of the molecule is CC(N)=[NH+]S(=O)(=O)c1ccc(-n2cc(C(F)(F)F)nc2-c2cccc(C)n2)cc1. The number of nitrogens with one attached hydrogen (secondary N) is 1. The molecule has 7 nitrogen and oxygen atoms in total. The lowest BCUT2D eigenvalue weighted by Gasteiger charge is -2.08. The number of halogens is 3. The van der Waals surface area contributed by atoms with Crippen LogP contribution in [0, 0.1) is 6.92 Å². The van der Waals surface area contributed by atoms with Crippen LogP contribution in [0.4, 0.5) is 13.2 Å². The average Bonchev–Trinajstić information content (AvgIpc) is 3.06. The minimum Gasteiger partial charge on any atom is -0.298 e. The van der Waals surface area contributed by atoms with E-state index in [2.05, 4.69) is 14.4 Å². The first kappa shape index (κ1) is 20.5. The van der Waals surface area contributed by atoms with Crippen LogP contribution in [-0.4, -0.2) is 28.8 Å². The highest BCUT2D eigenvalue weighted by Gasteiger charge is 2.35. The number of pyridine rings is 1. The van der Waals surface area contributed by atoms with Gasteiger partial charge in [-0.3, -0.25) is 10.3 Å². The Labute approximate surface area is 164 Å². The zero-order valence-corrected chi connectivity index (χ0v) is 16.2. The van der Waals surface area contributed by atoms with Crippen LogP contribution in [0.3, 0.4) is 0 Å². The van der Waals surface area contributed by atoms with Gasteiger partial charge in [0.25, 0.3) is 5.84 Å². The number of amidine groups is 1. The second kappa shape index (κ2) is 7.32. The van der Waals surface area contributed by atoms with E-state index in [1.165, 1.54) is 35.8 Å². The minimum absolute atomic E-state index is 0.00804. The number of sulfonamides is 1. The van der Waals surface area contributed by atoms with Crippen molar-refractivity contribution in [1.82, 2.24) is 14.5 Å². The second-order valence-electron chi connectivity index (χ2n) is 6.26.